The van der Waals surface area contributed by atoms with Crippen LogP contribution in [0, 0.1) is 0 Å². The Labute approximate surface area is 68.4 Å². The third kappa shape index (κ3) is 1.54. The van der Waals surface area contributed by atoms with Crippen LogP contribution in [-0.2, 0) is 7.05 Å². The van der Waals surface area contributed by atoms with Crippen LogP contribution in [0.15, 0.2) is 15.9 Å². The van der Waals surface area contributed by atoms with Crippen molar-refractivity contribution in [3.8, 4) is 0 Å². The fourth-order valence-electron chi connectivity index (χ4n) is 0.692. The molecule has 11 heavy (non-hydrogen) atoms. The summed E-state index contributed by atoms with van der Waals surface area (Å²) in [5.41, 5.74) is 5.14. The molecule has 5 heteroatoms. The monoisotopic (exact) mass is 171 g/mol. The van der Waals surface area contributed by atoms with Crippen molar-refractivity contribution in [2.24, 2.45) is 7.05 Å². The van der Waals surface area contributed by atoms with E-state index >= 15 is 0 Å². The first-order chi connectivity index (χ1) is 5.15. The second kappa shape index (κ2) is 2.96. The van der Waals surface area contributed by atoms with Crippen LogP contribution < -0.4 is 11.4 Å². The lowest BCUT2D eigenvalue weighted by molar-refractivity contribution is 0.793. The summed E-state index contributed by atoms with van der Waals surface area (Å²) in [6.07, 6.45) is 3.56. The Morgan fingerprint density at radius 3 is 2.91 bits per heavy atom. The van der Waals surface area contributed by atoms with E-state index in [1.807, 2.05) is 6.26 Å². The topological polar surface area (TPSA) is 60.9 Å². The first-order valence-corrected chi connectivity index (χ1v) is 4.24. The molecular weight excluding hydrogens is 162 g/mol. The van der Waals surface area contributed by atoms with Gasteiger partial charge in [0, 0.05) is 13.2 Å². The second-order valence-electron chi connectivity index (χ2n) is 2.09. The molecule has 0 bridgehead atoms. The van der Waals surface area contributed by atoms with E-state index in [-0.39, 0.29) is 5.69 Å². The van der Waals surface area contributed by atoms with E-state index in [4.69, 9.17) is 5.73 Å². The van der Waals surface area contributed by atoms with E-state index in [0.717, 1.165) is 4.90 Å². The summed E-state index contributed by atoms with van der Waals surface area (Å²) in [7, 11) is 1.65. The summed E-state index contributed by atoms with van der Waals surface area (Å²) in [6, 6.07) is 0. The number of nitrogens with two attached hydrogens (primary N) is 1. The molecule has 4 nitrogen and oxygen atoms in total. The molecule has 1 rings (SSSR count). The third-order valence-electron chi connectivity index (χ3n) is 1.30. The molecule has 0 aliphatic carbocycles. The van der Waals surface area contributed by atoms with Gasteiger partial charge in [-0.2, -0.15) is 4.98 Å². The van der Waals surface area contributed by atoms with Gasteiger partial charge in [0.15, 0.2) is 0 Å². The highest BCUT2D eigenvalue weighted by atomic mass is 32.2. The third-order valence-corrected chi connectivity index (χ3v) is 2.06. The minimum absolute atomic E-state index is 0.306. The quantitative estimate of drug-likeness (QED) is 0.608. The van der Waals surface area contributed by atoms with Gasteiger partial charge in [-0.15, -0.1) is 11.8 Å². The van der Waals surface area contributed by atoms with Gasteiger partial charge in [-0.3, -0.25) is 0 Å². The minimum atomic E-state index is -0.319. The maximum atomic E-state index is 10.9. The first kappa shape index (κ1) is 8.13. The summed E-state index contributed by atoms with van der Waals surface area (Å²) >= 11 is 1.47. The Balaban J connectivity index is 3.32. The van der Waals surface area contributed by atoms with E-state index in [9.17, 15) is 4.79 Å². The molecule has 1 aromatic heterocycles. The summed E-state index contributed by atoms with van der Waals surface area (Å²) in [5, 5.41) is 0. The van der Waals surface area contributed by atoms with Crippen molar-refractivity contribution in [2.45, 2.75) is 4.90 Å². The molecule has 1 aromatic rings. The Morgan fingerprint density at radius 2 is 2.36 bits per heavy atom. The molecule has 0 aromatic carbocycles. The molecular formula is C6H9N3OS. The maximum Gasteiger partial charge on any atom is 0.349 e. The average molecular weight is 171 g/mol. The van der Waals surface area contributed by atoms with Gasteiger partial charge in [0.25, 0.3) is 0 Å². The fourth-order valence-corrected chi connectivity index (χ4v) is 1.21. The summed E-state index contributed by atoms with van der Waals surface area (Å²) < 4.78 is 1.40. The number of thioether (sulfide) groups is 1. The highest BCUT2D eigenvalue weighted by Crippen LogP contribution is 2.17. The van der Waals surface area contributed by atoms with Crippen LogP contribution in [0.3, 0.4) is 0 Å². The Bertz CT molecular complexity index is 320. The van der Waals surface area contributed by atoms with Crippen LogP contribution in [0.1, 0.15) is 0 Å². The molecule has 0 aliphatic heterocycles. The minimum Gasteiger partial charge on any atom is -0.383 e. The highest BCUT2D eigenvalue weighted by molar-refractivity contribution is 7.98. The number of anilines is 1. The predicted molar refractivity (Wildman–Crippen MR) is 45.7 cm³/mol. The molecule has 0 fully saturated rings. The highest BCUT2D eigenvalue weighted by Gasteiger charge is 2.00. The van der Waals surface area contributed by atoms with Crippen LogP contribution >= 0.6 is 11.8 Å². The van der Waals surface area contributed by atoms with E-state index in [1.165, 1.54) is 16.3 Å². The lowest BCUT2D eigenvalue weighted by Crippen LogP contribution is -2.20. The van der Waals surface area contributed by atoms with Crippen molar-refractivity contribution in [1.82, 2.24) is 9.55 Å². The number of hydrogen-bond donors (Lipinski definition) is 1. The van der Waals surface area contributed by atoms with Gasteiger partial charge in [-0.25, -0.2) is 4.79 Å². The molecule has 0 spiro atoms. The predicted octanol–water partition coefficient (Wildman–Crippen LogP) is 0.0844. The van der Waals surface area contributed by atoms with Crippen LogP contribution in [0.2, 0.25) is 0 Å². The average Bonchev–Trinajstić information content (AvgIpc) is 1.97. The van der Waals surface area contributed by atoms with Gasteiger partial charge in [-0.1, -0.05) is 0 Å². The number of hydrogen-bond acceptors (Lipinski definition) is 4. The fraction of sp³-hybridized carbons (Fsp3) is 0.333. The zero-order valence-electron chi connectivity index (χ0n) is 6.37. The number of nitrogens with zero attached hydrogens (tertiary/aromatic N) is 2. The van der Waals surface area contributed by atoms with Crippen molar-refractivity contribution < 1.29 is 0 Å². The second-order valence-corrected chi connectivity index (χ2v) is 2.94. The van der Waals surface area contributed by atoms with Gasteiger partial charge in [0.1, 0.15) is 5.82 Å². The van der Waals surface area contributed by atoms with Gasteiger partial charge >= 0.3 is 5.69 Å². The number of aromatic nitrogens is 2. The molecule has 60 valence electrons. The van der Waals surface area contributed by atoms with Gasteiger partial charge in [0.05, 0.1) is 4.90 Å². The van der Waals surface area contributed by atoms with Crippen molar-refractivity contribution in [3.05, 3.63) is 16.7 Å². The Hall–Kier alpha value is -0.970. The summed E-state index contributed by atoms with van der Waals surface area (Å²) in [4.78, 5) is 15.3. The molecule has 0 saturated carbocycles. The standard InChI is InChI=1S/C6H9N3OS/c1-9-3-4(11-2)5(7)8-6(9)10/h3H,1-2H3,(H2,7,8,10). The Morgan fingerprint density at radius 1 is 1.73 bits per heavy atom. The molecule has 0 amide bonds. The SMILES string of the molecule is CSc1cn(C)c(=O)nc1N. The first-order valence-electron chi connectivity index (χ1n) is 3.02. The van der Waals surface area contributed by atoms with E-state index < -0.39 is 0 Å². The maximum absolute atomic E-state index is 10.9. The van der Waals surface area contributed by atoms with E-state index in [0.29, 0.717) is 5.82 Å². The van der Waals surface area contributed by atoms with Crippen molar-refractivity contribution >= 4 is 17.6 Å². The molecule has 0 unspecified atom stereocenters. The molecule has 0 aliphatic rings. The number of rotatable bonds is 1. The zero-order chi connectivity index (χ0) is 8.43. The molecule has 0 saturated heterocycles. The van der Waals surface area contributed by atoms with Crippen LogP contribution in [0.25, 0.3) is 0 Å². The van der Waals surface area contributed by atoms with Crippen molar-refractivity contribution in [1.29, 1.82) is 0 Å². The van der Waals surface area contributed by atoms with E-state index in [2.05, 4.69) is 4.98 Å². The van der Waals surface area contributed by atoms with E-state index in [1.54, 1.807) is 13.2 Å². The molecule has 2 N–H and O–H groups in total. The van der Waals surface area contributed by atoms with Crippen LogP contribution in [0.5, 0.6) is 0 Å². The molecule has 0 radical (unpaired) electrons. The summed E-state index contributed by atoms with van der Waals surface area (Å²) in [6.45, 7) is 0. The molecule has 0 atom stereocenters. The normalized spacial score (nSPS) is 10.0. The number of nitrogen functional groups attached to an aromatic ring is 1. The van der Waals surface area contributed by atoms with Crippen molar-refractivity contribution in [3.63, 3.8) is 0 Å². The summed E-state index contributed by atoms with van der Waals surface area (Å²) in [5.74, 6) is 0.306. The zero-order valence-corrected chi connectivity index (χ0v) is 7.18. The smallest absolute Gasteiger partial charge is 0.349 e. The Kier molecular flexibility index (Phi) is 2.19. The van der Waals surface area contributed by atoms with Crippen LogP contribution in [0.4, 0.5) is 5.82 Å². The largest absolute Gasteiger partial charge is 0.383 e. The van der Waals surface area contributed by atoms with Gasteiger partial charge in [0.2, 0.25) is 0 Å². The van der Waals surface area contributed by atoms with Crippen molar-refractivity contribution in [2.75, 3.05) is 12.0 Å². The van der Waals surface area contributed by atoms with Gasteiger partial charge < -0.3 is 10.3 Å². The lowest BCUT2D eigenvalue weighted by Gasteiger charge is -2.01. The van der Waals surface area contributed by atoms with Gasteiger partial charge in [-0.05, 0) is 6.26 Å². The van der Waals surface area contributed by atoms with Crippen LogP contribution in [-0.4, -0.2) is 15.8 Å². The molecule has 1 heterocycles. The number of aryl methyl sites for hydroxylation is 1. The lowest BCUT2D eigenvalue weighted by atomic mass is 10.6.